The van der Waals surface area contributed by atoms with Gasteiger partial charge in [-0.2, -0.15) is 9.78 Å². The maximum atomic E-state index is 10.8. The number of hydrogen-bond donors (Lipinski definition) is 0. The molecule has 0 spiro atoms. The summed E-state index contributed by atoms with van der Waals surface area (Å²) in [5.74, 6) is 0. The Morgan fingerprint density at radius 1 is 1.60 bits per heavy atom. The van der Waals surface area contributed by atoms with Crippen molar-refractivity contribution in [1.29, 1.82) is 0 Å². The van der Waals surface area contributed by atoms with Gasteiger partial charge in [-0.3, -0.25) is 0 Å². The van der Waals surface area contributed by atoms with Gasteiger partial charge in [-0.1, -0.05) is 15.9 Å². The highest BCUT2D eigenvalue weighted by molar-refractivity contribution is 9.10. The maximum Gasteiger partial charge on any atom is 0.165 e. The zero-order chi connectivity index (χ0) is 11.0. The second kappa shape index (κ2) is 3.90. The van der Waals surface area contributed by atoms with Gasteiger partial charge in [0.2, 0.25) is 0 Å². The van der Waals surface area contributed by atoms with Gasteiger partial charge < -0.3 is 9.90 Å². The van der Waals surface area contributed by atoms with Gasteiger partial charge in [0.05, 0.1) is 5.69 Å². The van der Waals surface area contributed by atoms with Crippen LogP contribution in [0.15, 0.2) is 16.7 Å². The Labute approximate surface area is 101 Å². The van der Waals surface area contributed by atoms with Gasteiger partial charge in [0, 0.05) is 21.4 Å². The van der Waals surface area contributed by atoms with Crippen LogP contribution in [0.5, 0.6) is 0 Å². The molecule has 0 radical (unpaired) electrons. The van der Waals surface area contributed by atoms with Gasteiger partial charge in [-0.25, -0.2) is 4.98 Å². The van der Waals surface area contributed by atoms with E-state index in [1.54, 1.807) is 6.07 Å². The number of aromatic nitrogens is 3. The van der Waals surface area contributed by atoms with E-state index in [0.29, 0.717) is 16.4 Å². The summed E-state index contributed by atoms with van der Waals surface area (Å²) >= 11 is 6.50. The summed E-state index contributed by atoms with van der Waals surface area (Å²) in [5, 5.41) is 15.8. The van der Waals surface area contributed by atoms with Crippen molar-refractivity contribution in [2.75, 3.05) is 0 Å². The van der Waals surface area contributed by atoms with Gasteiger partial charge >= 0.3 is 0 Å². The Bertz CT molecular complexity index is 538. The predicted octanol–water partition coefficient (Wildman–Crippen LogP) is 1.28. The first kappa shape index (κ1) is 10.6. The highest BCUT2D eigenvalue weighted by atomic mass is 79.9. The summed E-state index contributed by atoms with van der Waals surface area (Å²) in [5.41, 5.74) is 0.899. The fourth-order valence-electron chi connectivity index (χ4n) is 1.26. The van der Waals surface area contributed by atoms with Crippen LogP contribution in [0, 0.1) is 0 Å². The molecule has 0 aromatic carbocycles. The van der Waals surface area contributed by atoms with E-state index in [1.807, 2.05) is 0 Å². The molecule has 0 N–H and O–H groups in total. The van der Waals surface area contributed by atoms with Crippen LogP contribution in [-0.4, -0.2) is 20.9 Å². The van der Waals surface area contributed by atoms with Gasteiger partial charge in [0.25, 0.3) is 0 Å². The van der Waals surface area contributed by atoms with E-state index in [4.69, 9.17) is 0 Å². The average Bonchev–Trinajstić information content (AvgIpc) is 2.55. The predicted molar refractivity (Wildman–Crippen MR) is 58.7 cm³/mol. The fraction of sp³-hybridized carbons (Fsp3) is 0.125. The van der Waals surface area contributed by atoms with E-state index in [9.17, 15) is 9.90 Å². The number of nitrogens with zero attached hydrogens (tertiary/aromatic N) is 3. The van der Waals surface area contributed by atoms with Crippen molar-refractivity contribution in [2.24, 2.45) is 0 Å². The van der Waals surface area contributed by atoms with Crippen LogP contribution in [0.3, 0.4) is 0 Å². The second-order valence-corrected chi connectivity index (χ2v) is 4.26. The molecule has 0 unspecified atom stereocenters. The Hall–Kier alpha value is -0.950. The van der Waals surface area contributed by atoms with Crippen LogP contribution >= 0.6 is 31.9 Å². The highest BCUT2D eigenvalue weighted by Gasteiger charge is 2.11. The first-order valence-electron chi connectivity index (χ1n) is 3.94. The Kier molecular flexibility index (Phi) is 2.74. The third-order valence-corrected chi connectivity index (χ3v) is 2.83. The minimum atomic E-state index is -1.39. The van der Waals surface area contributed by atoms with Crippen molar-refractivity contribution >= 4 is 49.0 Å². The number of hydrogen-bond acceptors (Lipinski definition) is 4. The van der Waals surface area contributed by atoms with Crippen molar-refractivity contribution in [2.45, 2.75) is 5.33 Å². The second-order valence-electron chi connectivity index (χ2n) is 2.78. The smallest absolute Gasteiger partial charge is 0.165 e. The quantitative estimate of drug-likeness (QED) is 0.737. The van der Waals surface area contributed by atoms with E-state index in [1.165, 1.54) is 6.20 Å². The number of pyridine rings is 1. The molecule has 2 heterocycles. The first-order valence-corrected chi connectivity index (χ1v) is 5.85. The molecular weight excluding hydrogens is 330 g/mol. The van der Waals surface area contributed by atoms with E-state index in [-0.39, 0.29) is 5.65 Å². The monoisotopic (exact) mass is 332 g/mol. The van der Waals surface area contributed by atoms with Crippen molar-refractivity contribution in [3.8, 4) is 0 Å². The van der Waals surface area contributed by atoms with Crippen LogP contribution in [0.4, 0.5) is 4.79 Å². The Morgan fingerprint density at radius 2 is 2.33 bits per heavy atom. The van der Waals surface area contributed by atoms with Gasteiger partial charge in [0.15, 0.2) is 11.7 Å². The maximum absolute atomic E-state index is 10.8. The summed E-state index contributed by atoms with van der Waals surface area (Å²) in [6.07, 6.45) is 0.128. The van der Waals surface area contributed by atoms with Crippen LogP contribution < -0.4 is 5.11 Å². The van der Waals surface area contributed by atoms with Gasteiger partial charge in [0.1, 0.15) is 0 Å². The van der Waals surface area contributed by atoms with Crippen LogP contribution in [0.1, 0.15) is 5.69 Å². The number of rotatable bonds is 1. The lowest BCUT2D eigenvalue weighted by atomic mass is 10.3. The number of alkyl halides is 1. The molecule has 0 aliphatic rings. The summed E-state index contributed by atoms with van der Waals surface area (Å²) in [6, 6.07) is 1.77. The van der Waals surface area contributed by atoms with Crippen molar-refractivity contribution in [3.05, 3.63) is 22.4 Å². The molecule has 2 aromatic rings. The largest absolute Gasteiger partial charge is 0.528 e. The molecule has 2 aromatic heterocycles. The number of halogens is 2. The van der Waals surface area contributed by atoms with Crippen molar-refractivity contribution in [3.63, 3.8) is 0 Å². The molecule has 0 fully saturated rings. The number of carboxylic acid groups (broad SMARTS) is 1. The average molecular weight is 334 g/mol. The minimum absolute atomic E-state index is 0.285. The standard InChI is InChI=1S/C8H5Br2N3O2/c9-2-6-5-1-4(10)3-11-7(5)13(12-6)8(14)15/h1,3H,2H2,(H,14,15)/p-1. The van der Waals surface area contributed by atoms with E-state index >= 15 is 0 Å². The third-order valence-electron chi connectivity index (χ3n) is 1.87. The molecule has 78 valence electrons. The molecule has 15 heavy (non-hydrogen) atoms. The van der Waals surface area contributed by atoms with Crippen LogP contribution in [-0.2, 0) is 5.33 Å². The van der Waals surface area contributed by atoms with E-state index < -0.39 is 6.09 Å². The third kappa shape index (κ3) is 1.76. The normalized spacial score (nSPS) is 10.8. The molecule has 7 heteroatoms. The molecule has 0 saturated heterocycles. The number of carbonyl (C=O) groups excluding carboxylic acids is 1. The lowest BCUT2D eigenvalue weighted by molar-refractivity contribution is -0.251. The molecule has 0 aliphatic heterocycles. The van der Waals surface area contributed by atoms with Crippen LogP contribution in [0.25, 0.3) is 11.0 Å². The Morgan fingerprint density at radius 3 is 2.93 bits per heavy atom. The molecule has 2 rings (SSSR count). The summed E-state index contributed by atoms with van der Waals surface area (Å²) in [6.45, 7) is 0. The zero-order valence-corrected chi connectivity index (χ0v) is 10.4. The van der Waals surface area contributed by atoms with E-state index in [0.717, 1.165) is 9.15 Å². The summed E-state index contributed by atoms with van der Waals surface area (Å²) in [7, 11) is 0. The van der Waals surface area contributed by atoms with E-state index in [2.05, 4.69) is 41.9 Å². The zero-order valence-electron chi connectivity index (χ0n) is 7.28. The topological polar surface area (TPSA) is 70.8 Å². The minimum Gasteiger partial charge on any atom is -0.528 e. The molecule has 0 atom stereocenters. The summed E-state index contributed by atoms with van der Waals surface area (Å²) < 4.78 is 1.54. The Balaban J connectivity index is 2.81. The molecule has 0 bridgehead atoms. The summed E-state index contributed by atoms with van der Waals surface area (Å²) in [4.78, 5) is 14.7. The highest BCUT2D eigenvalue weighted by Crippen LogP contribution is 2.22. The van der Waals surface area contributed by atoms with Gasteiger partial charge in [-0.15, -0.1) is 0 Å². The first-order chi connectivity index (χ1) is 7.13. The molecule has 0 amide bonds. The number of fused-ring (bicyclic) bond motifs is 1. The molecule has 0 saturated carbocycles. The molecule has 0 aliphatic carbocycles. The molecular formula is C8H4Br2N3O2-. The lowest BCUT2D eigenvalue weighted by Gasteiger charge is -2.00. The van der Waals surface area contributed by atoms with Crippen molar-refractivity contribution < 1.29 is 9.90 Å². The van der Waals surface area contributed by atoms with Crippen molar-refractivity contribution in [1.82, 2.24) is 14.8 Å². The molecule has 5 nitrogen and oxygen atoms in total. The SMILES string of the molecule is O=C([O-])n1nc(CBr)c2cc(Br)cnc21. The van der Waals surface area contributed by atoms with Gasteiger partial charge in [-0.05, 0) is 22.0 Å². The number of carbonyl (C=O) groups is 1. The fourth-order valence-corrected chi connectivity index (χ4v) is 2.01. The van der Waals surface area contributed by atoms with Crippen LogP contribution in [0.2, 0.25) is 0 Å². The lowest BCUT2D eigenvalue weighted by Crippen LogP contribution is -2.29.